The highest BCUT2D eigenvalue weighted by Gasteiger charge is 2.36. The van der Waals surface area contributed by atoms with E-state index in [0.717, 1.165) is 86.8 Å². The lowest BCUT2D eigenvalue weighted by atomic mass is 10.2. The molecule has 4 aliphatic heterocycles. The van der Waals surface area contributed by atoms with Gasteiger partial charge in [-0.15, -0.1) is 0 Å². The molecule has 0 unspecified atom stereocenters. The number of aromatic carboxylic acids is 1. The molecule has 12 rings (SSSR count). The Morgan fingerprint density at radius 2 is 0.822 bits per heavy atom. The van der Waals surface area contributed by atoms with Crippen molar-refractivity contribution in [1.82, 2.24) is 93.5 Å². The number of ether oxygens (including phenoxy) is 6. The molecule has 0 aromatic carbocycles. The molecule has 0 aliphatic carbocycles. The predicted molar refractivity (Wildman–Crippen MR) is 439 cm³/mol. The van der Waals surface area contributed by atoms with Gasteiger partial charge in [0.15, 0.2) is 34.2 Å². The second kappa shape index (κ2) is 40.7. The smallest absolute Gasteiger partial charge is 0.410 e. The molecule has 12 heterocycles. The summed E-state index contributed by atoms with van der Waals surface area (Å²) >= 11 is 5.43. The van der Waals surface area contributed by atoms with Crippen LogP contribution in [0.25, 0.3) is 11.3 Å². The molecular formula is C78H111ClN24O15. The predicted octanol–water partition coefficient (Wildman–Crippen LogP) is 9.22. The first kappa shape index (κ1) is 93.1. The number of esters is 2. The number of fused-ring (bicyclic) bond motifs is 2. The molecule has 0 bridgehead atoms. The van der Waals surface area contributed by atoms with Crippen LogP contribution in [0.4, 0.5) is 48.3 Å². The van der Waals surface area contributed by atoms with Gasteiger partial charge in [0.2, 0.25) is 0 Å². The van der Waals surface area contributed by atoms with Crippen LogP contribution in [0, 0.1) is 27.7 Å². The molecule has 5 N–H and O–H groups in total. The molecule has 4 saturated heterocycles. The fraction of sp³-hybridized carbons (Fsp3) is 0.538. The van der Waals surface area contributed by atoms with Gasteiger partial charge in [-0.25, -0.2) is 83.4 Å². The quantitative estimate of drug-likeness (QED) is 0.0653. The normalized spacial score (nSPS) is 16.3. The zero-order valence-electron chi connectivity index (χ0n) is 71.2. The first-order valence-corrected chi connectivity index (χ1v) is 38.4. The van der Waals surface area contributed by atoms with E-state index in [9.17, 15) is 38.4 Å². The number of methoxy groups -OCH3 is 2. The lowest BCUT2D eigenvalue weighted by Crippen LogP contribution is -2.42. The highest BCUT2D eigenvalue weighted by atomic mass is 35.5. The number of carboxylic acids is 1. The van der Waals surface area contributed by atoms with Crippen LogP contribution < -0.4 is 31.1 Å². The molecule has 0 saturated carbocycles. The maximum absolute atomic E-state index is 12.7. The number of carbonyl (C=O) groups is 8. The Bertz CT molecular complexity index is 4740. The second-order valence-corrected chi connectivity index (χ2v) is 32.5. The highest BCUT2D eigenvalue weighted by molar-refractivity contribution is 6.29. The molecule has 4 aliphatic rings. The summed E-state index contributed by atoms with van der Waals surface area (Å²) in [6.45, 7) is 35.8. The van der Waals surface area contributed by atoms with Gasteiger partial charge in [0.25, 0.3) is 5.91 Å². The SMILES string of the molecule is CN(C(=O)OC(C)(C)C)[C@@H]1CCN(c2cnc(C(=O)O)cn2)C1.CN(C(=O)OC(C)(C)C)[C@@H]1CCNC1.COC(=O)c1cnc(Cl)cn1.COC(=O)c1cnc(N2CC[C@@H](N(C)C(=O)OC(C)(C)C)C2)cn1.Cc1cn2cc(N)nc2c(C)n1.Cc1cn2cc(NC(=O)c3cnc(N4CC[C@@H](N(C)C(=O)OC(C)(C)C)C4)cn3)nc2c(C)n1. The van der Waals surface area contributed by atoms with Gasteiger partial charge >= 0.3 is 42.3 Å². The molecule has 4 atom stereocenters. The fourth-order valence-electron chi connectivity index (χ4n) is 12.0. The number of likely N-dealkylation sites (N-methyl/N-ethyl adjacent to an activating group) is 4. The minimum absolute atomic E-state index is 0.0104. The number of carboxylic acid groups (broad SMARTS) is 1. The van der Waals surface area contributed by atoms with Crippen molar-refractivity contribution in [2.75, 3.05) is 121 Å². The molecule has 5 amide bonds. The summed E-state index contributed by atoms with van der Waals surface area (Å²) in [7, 11) is 9.59. The molecule has 0 spiro atoms. The van der Waals surface area contributed by atoms with Gasteiger partial charge in [-0.3, -0.25) is 14.8 Å². The third-order valence-electron chi connectivity index (χ3n) is 17.9. The number of nitrogens with one attached hydrogen (secondary N) is 2. The number of aromatic nitrogens is 14. The average molecular weight is 1660 g/mol. The van der Waals surface area contributed by atoms with Gasteiger partial charge in [0, 0.05) is 92.4 Å². The van der Waals surface area contributed by atoms with Crippen molar-refractivity contribution < 1.29 is 71.9 Å². The van der Waals surface area contributed by atoms with E-state index in [1.165, 1.54) is 51.4 Å². The van der Waals surface area contributed by atoms with Crippen molar-refractivity contribution in [3.63, 3.8) is 0 Å². The number of rotatable bonds is 12. The van der Waals surface area contributed by atoms with E-state index in [1.807, 2.05) is 147 Å². The number of nitrogen functional groups attached to an aromatic ring is 1. The van der Waals surface area contributed by atoms with Gasteiger partial charge in [0.05, 0.1) is 117 Å². The van der Waals surface area contributed by atoms with Crippen LogP contribution in [0.15, 0.2) is 74.4 Å². The van der Waals surface area contributed by atoms with Gasteiger partial charge in [-0.2, -0.15) is 0 Å². The number of imidazole rings is 2. The topological polar surface area (TPSA) is 448 Å². The van der Waals surface area contributed by atoms with Gasteiger partial charge in [-0.05, 0) is 143 Å². The molecule has 8 aromatic rings. The zero-order valence-corrected chi connectivity index (χ0v) is 72.0. The summed E-state index contributed by atoms with van der Waals surface area (Å²) in [5.74, 6) is 0.345. The maximum Gasteiger partial charge on any atom is 0.410 e. The van der Waals surface area contributed by atoms with E-state index >= 15 is 0 Å². The van der Waals surface area contributed by atoms with E-state index in [4.69, 9.17) is 41.4 Å². The van der Waals surface area contributed by atoms with Crippen LogP contribution >= 0.6 is 11.6 Å². The lowest BCUT2D eigenvalue weighted by Gasteiger charge is -2.28. The number of nitrogens with zero attached hydrogens (tertiary/aromatic N) is 21. The summed E-state index contributed by atoms with van der Waals surface area (Å²) in [6, 6.07) is 0.355. The van der Waals surface area contributed by atoms with E-state index < -0.39 is 46.2 Å². The monoisotopic (exact) mass is 1660 g/mol. The van der Waals surface area contributed by atoms with Crippen molar-refractivity contribution in [2.24, 2.45) is 0 Å². The number of carbonyl (C=O) groups excluding carboxylic acids is 7. The number of nitrogens with two attached hydrogens (primary N) is 1. The molecule has 8 aromatic heterocycles. The molecular weight excluding hydrogens is 1550 g/mol. The summed E-state index contributed by atoms with van der Waals surface area (Å²) in [4.78, 5) is 156. The average Bonchev–Trinajstić information content (AvgIpc) is 1.66. The Morgan fingerprint density at radius 1 is 0.466 bits per heavy atom. The first-order chi connectivity index (χ1) is 55.2. The van der Waals surface area contributed by atoms with Crippen LogP contribution in [0.3, 0.4) is 0 Å². The largest absolute Gasteiger partial charge is 0.476 e. The van der Waals surface area contributed by atoms with Crippen molar-refractivity contribution in [3.8, 4) is 0 Å². The van der Waals surface area contributed by atoms with Crippen molar-refractivity contribution in [2.45, 2.75) is 183 Å². The summed E-state index contributed by atoms with van der Waals surface area (Å²) in [5.41, 5.74) is 9.03. The Morgan fingerprint density at radius 3 is 1.16 bits per heavy atom. The van der Waals surface area contributed by atoms with Crippen LogP contribution in [0.1, 0.15) is 173 Å². The van der Waals surface area contributed by atoms with Crippen LogP contribution in [0.5, 0.6) is 0 Å². The van der Waals surface area contributed by atoms with E-state index in [2.05, 4.69) is 79.9 Å². The molecule has 0 radical (unpaired) electrons. The third kappa shape index (κ3) is 28.1. The van der Waals surface area contributed by atoms with Crippen molar-refractivity contribution in [3.05, 3.63) is 125 Å². The molecule has 118 heavy (non-hydrogen) atoms. The Labute approximate surface area is 691 Å². The molecule has 39 nitrogen and oxygen atoms in total. The summed E-state index contributed by atoms with van der Waals surface area (Å²) < 4.78 is 34.2. The van der Waals surface area contributed by atoms with E-state index in [0.29, 0.717) is 54.4 Å². The number of amides is 5. The number of halogens is 1. The number of aryl methyl sites for hydroxylation is 4. The lowest BCUT2D eigenvalue weighted by molar-refractivity contribution is 0.0226. The standard InChI is InChI=1S/C23H30N8O3.C16H24N4O4.C15H22N4O4.C10H20N2O2.C8H10N4.C6H5ClN2O2/c1-14-11-31-13-18(27-20(31)15(2)26-14)28-21(32)17-9-25-19(10-24-17)30-8-7-16(12-30)29(6)22(33)34-23(3,4)5;1-16(2,3)24-15(22)19(4)11-6-7-20(10-11)13-9-17-12(8-18-13)14(21)23-5;1-15(2,3)23-14(22)18(4)10-5-6-19(9-10)12-8-16-11(7-17-12)13(20)21;1-10(2,3)14-9(13)12(4)8-5-6-11-7-8;1-5-3-12-4-7(9)11-8(12)6(2)10-5;1-11-6(10)4-2-9-5(7)3-8-4/h9-11,13,16H,7-8,12H2,1-6H3,(H,28,32);8-9,11H,6-7,10H2,1-5H3;7-8,10H,5-6,9H2,1-4H3,(H,20,21);8,11H,5-7H2,1-4H3;3-4H,9H2,1-2H3;2-3H,1H3/t16-;11-;10-;8-;;/m1111../s1. The maximum atomic E-state index is 12.7. The van der Waals surface area contributed by atoms with Gasteiger partial charge < -0.3 is 93.0 Å². The highest BCUT2D eigenvalue weighted by Crippen LogP contribution is 2.27. The first-order valence-electron chi connectivity index (χ1n) is 38.0. The van der Waals surface area contributed by atoms with Crippen LogP contribution in [-0.4, -0.2) is 283 Å². The van der Waals surface area contributed by atoms with E-state index in [1.54, 1.807) is 72.6 Å². The van der Waals surface area contributed by atoms with Gasteiger partial charge in [-0.1, -0.05) is 11.6 Å². The number of anilines is 5. The minimum Gasteiger partial charge on any atom is -0.476 e. The van der Waals surface area contributed by atoms with Crippen LogP contribution in [0.2, 0.25) is 5.15 Å². The van der Waals surface area contributed by atoms with Crippen molar-refractivity contribution >= 4 is 100 Å². The Balaban J connectivity index is 0.000000204. The molecule has 640 valence electrons. The number of hydrogen-bond acceptors (Lipinski definition) is 31. The summed E-state index contributed by atoms with van der Waals surface area (Å²) in [6.07, 6.45) is 20.6. The third-order valence-corrected chi connectivity index (χ3v) is 18.1. The van der Waals surface area contributed by atoms with Gasteiger partial charge in [0.1, 0.15) is 56.5 Å². The second-order valence-electron chi connectivity index (χ2n) is 32.1. The van der Waals surface area contributed by atoms with Crippen LogP contribution in [-0.2, 0) is 28.4 Å². The molecule has 40 heteroatoms. The minimum atomic E-state index is -1.10. The molecule has 4 fully saturated rings. The fourth-order valence-corrected chi connectivity index (χ4v) is 12.1. The summed E-state index contributed by atoms with van der Waals surface area (Å²) in [5, 5.41) is 15.1. The van der Waals surface area contributed by atoms with E-state index in [-0.39, 0.29) is 76.5 Å². The number of hydrogen-bond donors (Lipinski definition) is 4. The Kier molecular flexibility index (Phi) is 32.1. The Hall–Kier alpha value is -12.0. The zero-order chi connectivity index (χ0) is 87.5. The van der Waals surface area contributed by atoms with Crippen molar-refractivity contribution in [1.29, 1.82) is 0 Å².